The Bertz CT molecular complexity index is 1320. The summed E-state index contributed by atoms with van der Waals surface area (Å²) < 4.78 is 40.1. The summed E-state index contributed by atoms with van der Waals surface area (Å²) in [6, 6.07) is 4.32. The minimum atomic E-state index is -4.53. The maximum atomic E-state index is 13.1. The maximum absolute atomic E-state index is 13.1. The summed E-state index contributed by atoms with van der Waals surface area (Å²) in [5, 5.41) is 2.68. The van der Waals surface area contributed by atoms with Crippen LogP contribution in [0.3, 0.4) is 0 Å². The van der Waals surface area contributed by atoms with Crippen LogP contribution in [0.5, 0.6) is 0 Å². The molecule has 0 radical (unpaired) electrons. The zero-order valence-electron chi connectivity index (χ0n) is 18.6. The van der Waals surface area contributed by atoms with Crippen molar-refractivity contribution < 1.29 is 22.8 Å². The highest BCUT2D eigenvalue weighted by atomic mass is 32.1. The first-order chi connectivity index (χ1) is 16.0. The van der Waals surface area contributed by atoms with E-state index < -0.39 is 23.2 Å². The first kappa shape index (κ1) is 23.9. The highest BCUT2D eigenvalue weighted by molar-refractivity contribution is 7.20. The number of anilines is 1. The number of aryl methyl sites for hydroxylation is 1. The van der Waals surface area contributed by atoms with Crippen molar-refractivity contribution in [3.63, 3.8) is 0 Å². The van der Waals surface area contributed by atoms with Gasteiger partial charge in [0.1, 0.15) is 11.4 Å². The fourth-order valence-electron chi connectivity index (χ4n) is 4.11. The second kappa shape index (κ2) is 9.21. The van der Waals surface area contributed by atoms with E-state index in [1.54, 1.807) is 11.8 Å². The Labute approximate surface area is 197 Å². The molecule has 4 rings (SSSR count). The molecule has 0 unspecified atom stereocenters. The van der Waals surface area contributed by atoms with Crippen LogP contribution < -0.4 is 10.9 Å². The smallest absolute Gasteiger partial charge is 0.341 e. The van der Waals surface area contributed by atoms with Crippen LogP contribution in [-0.2, 0) is 17.5 Å². The third-order valence-corrected chi connectivity index (χ3v) is 7.09. The number of amides is 2. The lowest BCUT2D eigenvalue weighted by Crippen LogP contribution is -2.42. The lowest BCUT2D eigenvalue weighted by atomic mass is 10.0. The Hall–Kier alpha value is -3.21. The molecular formula is C23H23F3N4O3S. The van der Waals surface area contributed by atoms with E-state index >= 15 is 0 Å². The second-order valence-corrected chi connectivity index (χ2v) is 9.53. The summed E-state index contributed by atoms with van der Waals surface area (Å²) in [5.74, 6) is -0.388. The van der Waals surface area contributed by atoms with Gasteiger partial charge < -0.3 is 10.2 Å². The van der Waals surface area contributed by atoms with Crippen molar-refractivity contribution in [3.05, 3.63) is 57.0 Å². The summed E-state index contributed by atoms with van der Waals surface area (Å²) in [6.07, 6.45) is -1.25. The van der Waals surface area contributed by atoms with E-state index in [0.29, 0.717) is 29.4 Å². The number of carbonyl (C=O) groups is 2. The molecule has 1 N–H and O–H groups in total. The van der Waals surface area contributed by atoms with Crippen LogP contribution in [0.1, 0.15) is 40.6 Å². The van der Waals surface area contributed by atoms with Gasteiger partial charge in [0.15, 0.2) is 0 Å². The first-order valence-corrected chi connectivity index (χ1v) is 11.6. The predicted octanol–water partition coefficient (Wildman–Crippen LogP) is 4.30. The molecule has 0 saturated carbocycles. The van der Waals surface area contributed by atoms with Gasteiger partial charge in [-0.1, -0.05) is 13.0 Å². The van der Waals surface area contributed by atoms with Crippen LogP contribution in [0.2, 0.25) is 0 Å². The molecule has 34 heavy (non-hydrogen) atoms. The fourth-order valence-corrected chi connectivity index (χ4v) is 5.15. The van der Waals surface area contributed by atoms with Gasteiger partial charge in [0.25, 0.3) is 11.5 Å². The van der Waals surface area contributed by atoms with Crippen LogP contribution >= 0.6 is 11.3 Å². The number of alkyl halides is 3. The van der Waals surface area contributed by atoms with Crippen molar-refractivity contribution in [2.75, 3.05) is 18.4 Å². The number of likely N-dealkylation sites (tertiary alicyclic amines) is 1. The van der Waals surface area contributed by atoms with Crippen molar-refractivity contribution in [3.8, 4) is 0 Å². The SMILES string of the molecule is Cc1c(C(=O)Nc2cccc(C(F)(F)F)c2)sc2ncn(CC(=O)N3CCC[C@@H](C)C3)c(=O)c12. The van der Waals surface area contributed by atoms with Gasteiger partial charge in [-0.25, -0.2) is 4.98 Å². The minimum absolute atomic E-state index is 0.0107. The van der Waals surface area contributed by atoms with Crippen molar-refractivity contribution in [1.29, 1.82) is 0 Å². The number of aromatic nitrogens is 2. The molecule has 2 amide bonds. The van der Waals surface area contributed by atoms with Gasteiger partial charge in [0.2, 0.25) is 5.91 Å². The van der Waals surface area contributed by atoms with Gasteiger partial charge in [0.05, 0.1) is 22.2 Å². The van der Waals surface area contributed by atoms with Crippen LogP contribution in [0.25, 0.3) is 10.2 Å². The molecule has 1 aliphatic rings. The average Bonchev–Trinajstić information content (AvgIpc) is 3.12. The number of hydrogen-bond donors (Lipinski definition) is 1. The summed E-state index contributed by atoms with van der Waals surface area (Å²) in [5.41, 5.74) is -0.954. The van der Waals surface area contributed by atoms with E-state index in [-0.39, 0.29) is 28.4 Å². The minimum Gasteiger partial charge on any atom is -0.341 e. The van der Waals surface area contributed by atoms with E-state index in [4.69, 9.17) is 0 Å². The molecular weight excluding hydrogens is 469 g/mol. The summed E-state index contributed by atoms with van der Waals surface area (Å²) >= 11 is 0.977. The summed E-state index contributed by atoms with van der Waals surface area (Å²) in [4.78, 5) is 45.1. The molecule has 180 valence electrons. The summed E-state index contributed by atoms with van der Waals surface area (Å²) in [7, 11) is 0. The molecule has 0 bridgehead atoms. The lowest BCUT2D eigenvalue weighted by molar-refractivity contribution is -0.137. The molecule has 7 nitrogen and oxygen atoms in total. The molecule has 11 heteroatoms. The van der Waals surface area contributed by atoms with E-state index in [0.717, 1.165) is 36.3 Å². The number of thiophene rings is 1. The predicted molar refractivity (Wildman–Crippen MR) is 123 cm³/mol. The number of benzene rings is 1. The van der Waals surface area contributed by atoms with E-state index in [1.165, 1.54) is 23.0 Å². The van der Waals surface area contributed by atoms with Crippen LogP contribution in [0.4, 0.5) is 18.9 Å². The third kappa shape index (κ3) is 4.84. The molecule has 1 atom stereocenters. The van der Waals surface area contributed by atoms with Gasteiger partial charge >= 0.3 is 6.18 Å². The molecule has 1 aromatic carbocycles. The van der Waals surface area contributed by atoms with Crippen LogP contribution in [0, 0.1) is 12.8 Å². The number of nitrogens with zero attached hydrogens (tertiary/aromatic N) is 3. The normalized spacial score (nSPS) is 16.6. The number of rotatable bonds is 4. The standard InChI is InChI=1S/C23H23F3N4O3S/c1-13-5-4-8-29(10-13)17(31)11-30-12-27-21-18(22(30)33)14(2)19(34-21)20(32)28-16-7-3-6-15(9-16)23(24,25)26/h3,6-7,9,12-13H,4-5,8,10-11H2,1-2H3,(H,28,32)/t13-/m1/s1. The van der Waals surface area contributed by atoms with Crippen molar-refractivity contribution in [1.82, 2.24) is 14.5 Å². The quantitative estimate of drug-likeness (QED) is 0.589. The zero-order chi connectivity index (χ0) is 24.6. The number of hydrogen-bond acceptors (Lipinski definition) is 5. The van der Waals surface area contributed by atoms with Gasteiger partial charge in [-0.2, -0.15) is 13.2 Å². The van der Waals surface area contributed by atoms with E-state index in [1.807, 2.05) is 0 Å². The topological polar surface area (TPSA) is 84.3 Å². The van der Waals surface area contributed by atoms with Crippen molar-refractivity contribution in [2.24, 2.45) is 5.92 Å². The van der Waals surface area contributed by atoms with E-state index in [2.05, 4.69) is 17.2 Å². The summed E-state index contributed by atoms with van der Waals surface area (Å²) in [6.45, 7) is 4.84. The van der Waals surface area contributed by atoms with Gasteiger partial charge in [-0.15, -0.1) is 11.3 Å². The molecule has 3 heterocycles. The lowest BCUT2D eigenvalue weighted by Gasteiger charge is -2.31. The third-order valence-electron chi connectivity index (χ3n) is 5.89. The molecule has 0 spiro atoms. The van der Waals surface area contributed by atoms with Crippen molar-refractivity contribution in [2.45, 2.75) is 39.4 Å². The zero-order valence-corrected chi connectivity index (χ0v) is 19.4. The molecule has 2 aromatic heterocycles. The monoisotopic (exact) mass is 492 g/mol. The molecule has 0 aliphatic carbocycles. The van der Waals surface area contributed by atoms with Crippen LogP contribution in [-0.4, -0.2) is 39.4 Å². The Morgan fingerprint density at radius 2 is 2.06 bits per heavy atom. The largest absolute Gasteiger partial charge is 0.416 e. The molecule has 1 fully saturated rings. The Kier molecular flexibility index (Phi) is 6.48. The highest BCUT2D eigenvalue weighted by Gasteiger charge is 2.30. The second-order valence-electron chi connectivity index (χ2n) is 8.53. The van der Waals surface area contributed by atoms with Gasteiger partial charge in [-0.05, 0) is 49.4 Å². The maximum Gasteiger partial charge on any atom is 0.416 e. The molecule has 1 aliphatic heterocycles. The molecule has 1 saturated heterocycles. The van der Waals surface area contributed by atoms with Gasteiger partial charge in [-0.3, -0.25) is 19.0 Å². The molecule has 3 aromatic rings. The number of piperidine rings is 1. The van der Waals surface area contributed by atoms with Crippen LogP contribution in [0.15, 0.2) is 35.4 Å². The van der Waals surface area contributed by atoms with Crippen molar-refractivity contribution >= 4 is 39.1 Å². The number of carbonyl (C=O) groups excluding carboxylic acids is 2. The Morgan fingerprint density at radius 3 is 2.76 bits per heavy atom. The highest BCUT2D eigenvalue weighted by Crippen LogP contribution is 2.32. The van der Waals surface area contributed by atoms with Gasteiger partial charge in [0, 0.05) is 18.8 Å². The Morgan fingerprint density at radius 1 is 1.29 bits per heavy atom. The average molecular weight is 493 g/mol. The first-order valence-electron chi connectivity index (χ1n) is 10.8. The van der Waals surface area contributed by atoms with E-state index in [9.17, 15) is 27.6 Å². The number of nitrogens with one attached hydrogen (secondary N) is 1. The Balaban J connectivity index is 1.58. The fraction of sp³-hybridized carbons (Fsp3) is 0.391. The number of halogens is 3. The number of fused-ring (bicyclic) bond motifs is 1.